The molecule has 1 unspecified atom stereocenters. The molecule has 104 valence electrons. The van der Waals surface area contributed by atoms with Gasteiger partial charge in [-0.2, -0.15) is 0 Å². The van der Waals surface area contributed by atoms with Gasteiger partial charge in [-0.1, -0.05) is 45.2 Å². The number of nitrogens with one attached hydrogen (secondary N) is 1. The molecule has 19 heavy (non-hydrogen) atoms. The molecule has 1 nitrogen and oxygen atoms in total. The van der Waals surface area contributed by atoms with Crippen molar-refractivity contribution in [1.29, 1.82) is 0 Å². The van der Waals surface area contributed by atoms with Gasteiger partial charge in [0.05, 0.1) is 0 Å². The number of aryl methyl sites for hydroxylation is 2. The lowest BCUT2D eigenvalue weighted by Gasteiger charge is -2.46. The van der Waals surface area contributed by atoms with E-state index < -0.39 is 0 Å². The van der Waals surface area contributed by atoms with Gasteiger partial charge >= 0.3 is 0 Å². The number of hydrogen-bond donors (Lipinski definition) is 1. The predicted molar refractivity (Wildman–Crippen MR) is 83.0 cm³/mol. The topological polar surface area (TPSA) is 12.0 Å². The molecule has 1 spiro atoms. The van der Waals surface area contributed by atoms with Crippen LogP contribution in [0.1, 0.15) is 75.0 Å². The van der Waals surface area contributed by atoms with E-state index in [1.807, 2.05) is 0 Å². The van der Waals surface area contributed by atoms with Crippen molar-refractivity contribution in [2.24, 2.45) is 0 Å². The van der Waals surface area contributed by atoms with Gasteiger partial charge in [-0.3, -0.25) is 0 Å². The van der Waals surface area contributed by atoms with E-state index in [0.29, 0.717) is 11.5 Å². The zero-order chi connectivity index (χ0) is 13.5. The second kappa shape index (κ2) is 4.85. The molecule has 1 aliphatic carbocycles. The van der Waals surface area contributed by atoms with Gasteiger partial charge in [-0.25, -0.2) is 0 Å². The molecule has 1 heteroatoms. The van der Waals surface area contributed by atoms with E-state index in [4.69, 9.17) is 0 Å². The SMILES string of the molecule is CCc1ccc(C)c2c1NC1(CCCCC1)CC2C. The Bertz CT molecular complexity index is 469. The Morgan fingerprint density at radius 3 is 2.63 bits per heavy atom. The summed E-state index contributed by atoms with van der Waals surface area (Å²) in [5, 5.41) is 4.00. The van der Waals surface area contributed by atoms with Gasteiger partial charge in [0.25, 0.3) is 0 Å². The first-order valence-electron chi connectivity index (χ1n) is 8.06. The molecule has 1 atom stereocenters. The van der Waals surface area contributed by atoms with Crippen LogP contribution in [0.4, 0.5) is 5.69 Å². The van der Waals surface area contributed by atoms with Gasteiger partial charge in [-0.05, 0) is 55.2 Å². The Kier molecular flexibility index (Phi) is 3.32. The van der Waals surface area contributed by atoms with Gasteiger partial charge < -0.3 is 5.32 Å². The highest BCUT2D eigenvalue weighted by molar-refractivity contribution is 5.65. The van der Waals surface area contributed by atoms with Crippen molar-refractivity contribution in [3.05, 3.63) is 28.8 Å². The molecule has 1 aromatic carbocycles. The van der Waals surface area contributed by atoms with Crippen LogP contribution in [0.5, 0.6) is 0 Å². The molecule has 1 N–H and O–H groups in total. The third-order valence-electron chi connectivity index (χ3n) is 5.32. The van der Waals surface area contributed by atoms with Crippen LogP contribution in [0.25, 0.3) is 0 Å². The number of rotatable bonds is 1. The molecule has 1 aromatic rings. The van der Waals surface area contributed by atoms with Gasteiger partial charge in [0.1, 0.15) is 0 Å². The van der Waals surface area contributed by atoms with Crippen LogP contribution in [0, 0.1) is 6.92 Å². The molecule has 0 amide bonds. The van der Waals surface area contributed by atoms with Crippen molar-refractivity contribution in [3.8, 4) is 0 Å². The lowest BCUT2D eigenvalue weighted by molar-refractivity contribution is 0.281. The third kappa shape index (κ3) is 2.17. The molecule has 0 radical (unpaired) electrons. The van der Waals surface area contributed by atoms with Crippen LogP contribution in [-0.2, 0) is 6.42 Å². The van der Waals surface area contributed by atoms with E-state index in [9.17, 15) is 0 Å². The molecule has 1 saturated carbocycles. The molecular weight excluding hydrogens is 230 g/mol. The Morgan fingerprint density at radius 2 is 1.95 bits per heavy atom. The number of anilines is 1. The summed E-state index contributed by atoms with van der Waals surface area (Å²) in [6.07, 6.45) is 9.44. The fourth-order valence-electron chi connectivity index (χ4n) is 4.41. The maximum atomic E-state index is 4.00. The van der Waals surface area contributed by atoms with Gasteiger partial charge in [0, 0.05) is 11.2 Å². The van der Waals surface area contributed by atoms with Gasteiger partial charge in [0.15, 0.2) is 0 Å². The fraction of sp³-hybridized carbons (Fsp3) is 0.667. The molecule has 1 fully saturated rings. The Balaban J connectivity index is 2.04. The van der Waals surface area contributed by atoms with Crippen molar-refractivity contribution >= 4 is 5.69 Å². The van der Waals surface area contributed by atoms with Gasteiger partial charge in [-0.15, -0.1) is 0 Å². The number of benzene rings is 1. The third-order valence-corrected chi connectivity index (χ3v) is 5.32. The minimum atomic E-state index is 0.405. The van der Waals surface area contributed by atoms with Crippen LogP contribution in [-0.4, -0.2) is 5.54 Å². The summed E-state index contributed by atoms with van der Waals surface area (Å²) in [5.41, 5.74) is 6.47. The summed E-state index contributed by atoms with van der Waals surface area (Å²) >= 11 is 0. The van der Waals surface area contributed by atoms with Crippen molar-refractivity contribution in [2.75, 3.05) is 5.32 Å². The number of hydrogen-bond acceptors (Lipinski definition) is 1. The molecule has 1 heterocycles. The Hall–Kier alpha value is -0.980. The van der Waals surface area contributed by atoms with E-state index in [-0.39, 0.29) is 0 Å². The monoisotopic (exact) mass is 257 g/mol. The molecule has 1 aliphatic heterocycles. The van der Waals surface area contributed by atoms with Gasteiger partial charge in [0.2, 0.25) is 0 Å². The normalized spacial score (nSPS) is 24.9. The first kappa shape index (κ1) is 13.0. The summed E-state index contributed by atoms with van der Waals surface area (Å²) < 4.78 is 0. The zero-order valence-corrected chi connectivity index (χ0v) is 12.7. The Labute approximate surface area is 117 Å². The average molecular weight is 257 g/mol. The highest BCUT2D eigenvalue weighted by Gasteiger charge is 2.39. The zero-order valence-electron chi connectivity index (χ0n) is 12.7. The number of fused-ring (bicyclic) bond motifs is 1. The molecular formula is C18H27N. The summed E-state index contributed by atoms with van der Waals surface area (Å²) in [6.45, 7) is 6.98. The van der Waals surface area contributed by atoms with E-state index in [2.05, 4.69) is 38.2 Å². The maximum absolute atomic E-state index is 4.00. The van der Waals surface area contributed by atoms with E-state index in [1.165, 1.54) is 55.3 Å². The minimum absolute atomic E-state index is 0.405. The first-order chi connectivity index (χ1) is 9.15. The first-order valence-corrected chi connectivity index (χ1v) is 8.06. The molecule has 0 bridgehead atoms. The van der Waals surface area contributed by atoms with Crippen molar-refractivity contribution in [2.45, 2.75) is 77.2 Å². The maximum Gasteiger partial charge on any atom is 0.0414 e. The average Bonchev–Trinajstić information content (AvgIpc) is 2.39. The van der Waals surface area contributed by atoms with Crippen LogP contribution in [0.15, 0.2) is 12.1 Å². The van der Waals surface area contributed by atoms with Crippen LogP contribution >= 0.6 is 0 Å². The largest absolute Gasteiger partial charge is 0.379 e. The van der Waals surface area contributed by atoms with Crippen LogP contribution in [0.3, 0.4) is 0 Å². The van der Waals surface area contributed by atoms with Crippen LogP contribution < -0.4 is 5.32 Å². The second-order valence-electron chi connectivity index (χ2n) is 6.75. The molecule has 0 aromatic heterocycles. The lowest BCUT2D eigenvalue weighted by atomic mass is 9.70. The van der Waals surface area contributed by atoms with E-state index in [0.717, 1.165) is 6.42 Å². The fourth-order valence-corrected chi connectivity index (χ4v) is 4.41. The summed E-state index contributed by atoms with van der Waals surface area (Å²) in [6, 6.07) is 4.64. The van der Waals surface area contributed by atoms with E-state index in [1.54, 1.807) is 5.56 Å². The van der Waals surface area contributed by atoms with Crippen LogP contribution in [0.2, 0.25) is 0 Å². The van der Waals surface area contributed by atoms with E-state index >= 15 is 0 Å². The minimum Gasteiger partial charge on any atom is -0.379 e. The molecule has 0 saturated heterocycles. The molecule has 3 rings (SSSR count). The predicted octanol–water partition coefficient (Wildman–Crippen LogP) is 5.18. The molecule has 2 aliphatic rings. The van der Waals surface area contributed by atoms with Crippen molar-refractivity contribution in [1.82, 2.24) is 0 Å². The highest BCUT2D eigenvalue weighted by Crippen LogP contribution is 2.47. The quantitative estimate of drug-likeness (QED) is 0.731. The lowest BCUT2D eigenvalue weighted by Crippen LogP contribution is -2.44. The summed E-state index contributed by atoms with van der Waals surface area (Å²) in [7, 11) is 0. The van der Waals surface area contributed by atoms with Crippen molar-refractivity contribution < 1.29 is 0 Å². The Morgan fingerprint density at radius 1 is 1.21 bits per heavy atom. The summed E-state index contributed by atoms with van der Waals surface area (Å²) in [4.78, 5) is 0. The smallest absolute Gasteiger partial charge is 0.0414 e. The van der Waals surface area contributed by atoms with Crippen molar-refractivity contribution in [3.63, 3.8) is 0 Å². The highest BCUT2D eigenvalue weighted by atomic mass is 15.0. The summed E-state index contributed by atoms with van der Waals surface area (Å²) in [5.74, 6) is 0.709. The standard InChI is InChI=1S/C18H27N/c1-4-15-9-8-13(2)16-14(3)12-18(19-17(15)16)10-6-5-7-11-18/h8-9,14,19H,4-7,10-12H2,1-3H3. The second-order valence-corrected chi connectivity index (χ2v) is 6.75.